The summed E-state index contributed by atoms with van der Waals surface area (Å²) < 4.78 is 0. The smallest absolute Gasteiger partial charge is 0.275 e. The van der Waals surface area contributed by atoms with Gasteiger partial charge in [0.15, 0.2) is 0 Å². The molecule has 1 heterocycles. The van der Waals surface area contributed by atoms with Gasteiger partial charge < -0.3 is 5.32 Å². The third kappa shape index (κ3) is 3.23. The Morgan fingerprint density at radius 3 is 3.05 bits per heavy atom. The van der Waals surface area contributed by atoms with Crippen LogP contribution in [0.25, 0.3) is 0 Å². The molecular weight excluding hydrogens is 266 g/mol. The van der Waals surface area contributed by atoms with Crippen LogP contribution in [0.2, 0.25) is 5.02 Å². The van der Waals surface area contributed by atoms with Crippen LogP contribution in [0.4, 0.5) is 5.69 Å². The van der Waals surface area contributed by atoms with Crippen molar-refractivity contribution < 1.29 is 4.92 Å². The fourth-order valence-corrected chi connectivity index (χ4v) is 2.88. The molecule has 1 aliphatic heterocycles. The summed E-state index contributed by atoms with van der Waals surface area (Å²) in [4.78, 5) is 13.0. The van der Waals surface area contributed by atoms with E-state index in [-0.39, 0.29) is 10.6 Å². The van der Waals surface area contributed by atoms with E-state index in [0.29, 0.717) is 23.2 Å². The zero-order valence-corrected chi connectivity index (χ0v) is 11.7. The number of nitrogens with zero attached hydrogens (tertiary/aromatic N) is 2. The molecule has 0 bridgehead atoms. The summed E-state index contributed by atoms with van der Waals surface area (Å²) in [5, 5.41) is 14.7. The lowest BCUT2D eigenvalue weighted by atomic mass is 10.1. The van der Waals surface area contributed by atoms with Gasteiger partial charge in [-0.2, -0.15) is 0 Å². The zero-order valence-electron chi connectivity index (χ0n) is 10.9. The molecular formula is C13H18ClN3O2. The lowest BCUT2D eigenvalue weighted by Gasteiger charge is -2.24. The maximum Gasteiger partial charge on any atom is 0.275 e. The van der Waals surface area contributed by atoms with Crippen LogP contribution in [0.3, 0.4) is 0 Å². The normalized spacial score (nSPS) is 19.8. The SMILES string of the molecule is CNCC1CCCN1Cc1c(Cl)cccc1[N+](=O)[O-]. The van der Waals surface area contributed by atoms with Gasteiger partial charge in [-0.1, -0.05) is 17.7 Å². The number of hydrogen-bond donors (Lipinski definition) is 1. The predicted octanol–water partition coefficient (Wildman–Crippen LogP) is 2.43. The van der Waals surface area contributed by atoms with Crippen LogP contribution >= 0.6 is 11.6 Å². The Bertz CT molecular complexity index is 467. The average molecular weight is 284 g/mol. The van der Waals surface area contributed by atoms with E-state index in [9.17, 15) is 10.1 Å². The molecule has 6 heteroatoms. The van der Waals surface area contributed by atoms with E-state index in [0.717, 1.165) is 25.9 Å². The van der Waals surface area contributed by atoms with Gasteiger partial charge in [0, 0.05) is 25.2 Å². The maximum absolute atomic E-state index is 11.1. The van der Waals surface area contributed by atoms with Crippen molar-refractivity contribution in [3.8, 4) is 0 Å². The first-order chi connectivity index (χ1) is 9.13. The van der Waals surface area contributed by atoms with Gasteiger partial charge in [0.1, 0.15) is 0 Å². The second-order valence-corrected chi connectivity index (χ2v) is 5.23. The molecule has 0 saturated carbocycles. The largest absolute Gasteiger partial charge is 0.318 e. The Labute approximate surface area is 117 Å². The number of likely N-dealkylation sites (N-methyl/N-ethyl adjacent to an activating group) is 1. The highest BCUT2D eigenvalue weighted by Gasteiger charge is 2.27. The van der Waals surface area contributed by atoms with Crippen molar-refractivity contribution in [2.45, 2.75) is 25.4 Å². The van der Waals surface area contributed by atoms with Crippen LogP contribution < -0.4 is 5.32 Å². The number of nitrogens with one attached hydrogen (secondary N) is 1. The number of rotatable bonds is 5. The van der Waals surface area contributed by atoms with E-state index in [2.05, 4.69) is 10.2 Å². The van der Waals surface area contributed by atoms with Crippen LogP contribution in [-0.4, -0.2) is 36.0 Å². The number of nitro benzene ring substituents is 1. The summed E-state index contributed by atoms with van der Waals surface area (Å²) in [5.74, 6) is 0. The fourth-order valence-electron chi connectivity index (χ4n) is 2.65. The third-order valence-corrected chi connectivity index (χ3v) is 3.94. The standard InChI is InChI=1S/C13H18ClN3O2/c1-15-8-10-4-3-7-16(10)9-11-12(14)5-2-6-13(11)17(18)19/h2,5-6,10,15H,3-4,7-9H2,1H3. The van der Waals surface area contributed by atoms with Crippen molar-refractivity contribution in [2.75, 3.05) is 20.1 Å². The van der Waals surface area contributed by atoms with Crippen molar-refractivity contribution in [1.82, 2.24) is 10.2 Å². The lowest BCUT2D eigenvalue weighted by molar-refractivity contribution is -0.385. The minimum Gasteiger partial charge on any atom is -0.318 e. The first kappa shape index (κ1) is 14.2. The lowest BCUT2D eigenvalue weighted by Crippen LogP contribution is -2.36. The van der Waals surface area contributed by atoms with Crippen LogP contribution in [0.5, 0.6) is 0 Å². The maximum atomic E-state index is 11.1. The second-order valence-electron chi connectivity index (χ2n) is 4.82. The van der Waals surface area contributed by atoms with Crippen molar-refractivity contribution in [3.05, 3.63) is 38.9 Å². The summed E-state index contributed by atoms with van der Waals surface area (Å²) in [6.45, 7) is 2.41. The average Bonchev–Trinajstić information content (AvgIpc) is 2.79. The minimum atomic E-state index is -0.357. The van der Waals surface area contributed by atoms with Gasteiger partial charge in [0.25, 0.3) is 5.69 Å². The van der Waals surface area contributed by atoms with E-state index in [1.807, 2.05) is 7.05 Å². The molecule has 0 aromatic heterocycles. The van der Waals surface area contributed by atoms with Gasteiger partial charge in [0.2, 0.25) is 0 Å². The molecule has 1 aromatic carbocycles. The van der Waals surface area contributed by atoms with Gasteiger partial charge in [-0.05, 0) is 32.5 Å². The van der Waals surface area contributed by atoms with Gasteiger partial charge in [0.05, 0.1) is 15.5 Å². The van der Waals surface area contributed by atoms with E-state index in [4.69, 9.17) is 11.6 Å². The molecule has 1 atom stereocenters. The first-order valence-corrected chi connectivity index (χ1v) is 6.81. The Morgan fingerprint density at radius 1 is 1.58 bits per heavy atom. The molecule has 1 N–H and O–H groups in total. The summed E-state index contributed by atoms with van der Waals surface area (Å²) >= 11 is 6.13. The summed E-state index contributed by atoms with van der Waals surface area (Å²) in [6.07, 6.45) is 2.25. The molecule has 5 nitrogen and oxygen atoms in total. The van der Waals surface area contributed by atoms with Crippen LogP contribution in [-0.2, 0) is 6.54 Å². The summed E-state index contributed by atoms with van der Waals surface area (Å²) in [6, 6.07) is 5.29. The number of hydrogen-bond acceptors (Lipinski definition) is 4. The van der Waals surface area contributed by atoms with E-state index in [1.165, 1.54) is 6.07 Å². The minimum absolute atomic E-state index is 0.114. The summed E-state index contributed by atoms with van der Waals surface area (Å²) in [7, 11) is 1.93. The monoisotopic (exact) mass is 283 g/mol. The summed E-state index contributed by atoms with van der Waals surface area (Å²) in [5.41, 5.74) is 0.736. The number of benzene rings is 1. The van der Waals surface area contributed by atoms with Crippen LogP contribution in [0.15, 0.2) is 18.2 Å². The quantitative estimate of drug-likeness (QED) is 0.666. The van der Waals surface area contributed by atoms with Crippen LogP contribution in [0, 0.1) is 10.1 Å². The van der Waals surface area contributed by atoms with Crippen molar-refractivity contribution >= 4 is 17.3 Å². The van der Waals surface area contributed by atoms with E-state index >= 15 is 0 Å². The van der Waals surface area contributed by atoms with Crippen molar-refractivity contribution in [1.29, 1.82) is 0 Å². The van der Waals surface area contributed by atoms with Gasteiger partial charge in [-0.3, -0.25) is 15.0 Å². The van der Waals surface area contributed by atoms with Crippen molar-refractivity contribution in [3.63, 3.8) is 0 Å². The number of likely N-dealkylation sites (tertiary alicyclic amines) is 1. The van der Waals surface area contributed by atoms with Crippen molar-refractivity contribution in [2.24, 2.45) is 0 Å². The molecule has 1 unspecified atom stereocenters. The molecule has 0 amide bonds. The van der Waals surface area contributed by atoms with Crippen LogP contribution in [0.1, 0.15) is 18.4 Å². The first-order valence-electron chi connectivity index (χ1n) is 6.44. The van der Waals surface area contributed by atoms with E-state index < -0.39 is 0 Å². The Morgan fingerprint density at radius 2 is 2.37 bits per heavy atom. The van der Waals surface area contributed by atoms with Gasteiger partial charge in [-0.15, -0.1) is 0 Å². The molecule has 1 saturated heterocycles. The third-order valence-electron chi connectivity index (χ3n) is 3.59. The highest BCUT2D eigenvalue weighted by atomic mass is 35.5. The molecule has 1 aliphatic rings. The molecule has 1 aromatic rings. The Kier molecular flexibility index (Phi) is 4.74. The Balaban J connectivity index is 2.20. The molecule has 0 aliphatic carbocycles. The highest BCUT2D eigenvalue weighted by Crippen LogP contribution is 2.30. The molecule has 104 valence electrons. The number of halogens is 1. The second kappa shape index (κ2) is 6.32. The molecule has 2 rings (SSSR count). The number of nitro groups is 1. The molecule has 0 radical (unpaired) electrons. The zero-order chi connectivity index (χ0) is 13.8. The predicted molar refractivity (Wildman–Crippen MR) is 75.5 cm³/mol. The van der Waals surface area contributed by atoms with Gasteiger partial charge >= 0.3 is 0 Å². The van der Waals surface area contributed by atoms with E-state index in [1.54, 1.807) is 12.1 Å². The topological polar surface area (TPSA) is 58.4 Å². The highest BCUT2D eigenvalue weighted by molar-refractivity contribution is 6.31. The van der Waals surface area contributed by atoms with Gasteiger partial charge in [-0.25, -0.2) is 0 Å². The Hall–Kier alpha value is -1.17. The fraction of sp³-hybridized carbons (Fsp3) is 0.538. The molecule has 0 spiro atoms. The molecule has 1 fully saturated rings. The molecule has 19 heavy (non-hydrogen) atoms.